The molecule has 1 spiro atoms. The van der Waals surface area contributed by atoms with Gasteiger partial charge in [0.25, 0.3) is 0 Å². The van der Waals surface area contributed by atoms with E-state index in [1.165, 1.54) is 12.8 Å². The highest BCUT2D eigenvalue weighted by atomic mass is 35.5. The molecular weight excluding hydrogens is 274 g/mol. The normalized spacial score (nSPS) is 26.2. The highest BCUT2D eigenvalue weighted by Crippen LogP contribution is 2.39. The number of hydrogen-bond acceptors (Lipinski definition) is 3. The van der Waals surface area contributed by atoms with E-state index in [2.05, 4.69) is 18.3 Å². The lowest BCUT2D eigenvalue weighted by Gasteiger charge is -2.23. The molecule has 1 heterocycles. The summed E-state index contributed by atoms with van der Waals surface area (Å²) in [5, 5.41) is 4.31. The molecule has 1 aromatic rings. The van der Waals surface area contributed by atoms with E-state index < -0.39 is 0 Å². The van der Waals surface area contributed by atoms with E-state index >= 15 is 0 Å². The molecule has 110 valence electrons. The van der Waals surface area contributed by atoms with Crippen LogP contribution in [0.5, 0.6) is 0 Å². The Morgan fingerprint density at radius 3 is 2.85 bits per heavy atom. The van der Waals surface area contributed by atoms with Gasteiger partial charge in [-0.3, -0.25) is 0 Å². The zero-order valence-electron chi connectivity index (χ0n) is 11.9. The number of benzene rings is 1. The molecule has 2 fully saturated rings. The summed E-state index contributed by atoms with van der Waals surface area (Å²) in [6.07, 6.45) is 4.68. The fourth-order valence-corrected chi connectivity index (χ4v) is 3.44. The smallest absolute Gasteiger partial charge is 0.168 e. The molecule has 0 bridgehead atoms. The van der Waals surface area contributed by atoms with Gasteiger partial charge in [0.1, 0.15) is 0 Å². The molecule has 3 nitrogen and oxygen atoms in total. The van der Waals surface area contributed by atoms with Crippen LogP contribution in [0, 0.1) is 0 Å². The van der Waals surface area contributed by atoms with E-state index in [1.807, 2.05) is 18.2 Å². The van der Waals surface area contributed by atoms with Crippen molar-refractivity contribution in [1.82, 2.24) is 5.32 Å². The van der Waals surface area contributed by atoms with E-state index in [0.717, 1.165) is 30.0 Å². The Bertz CT molecular complexity index is 460. The second-order valence-electron chi connectivity index (χ2n) is 5.82. The molecular formula is C16H22ClNO2. The van der Waals surface area contributed by atoms with Gasteiger partial charge in [-0.1, -0.05) is 29.8 Å². The molecule has 1 saturated heterocycles. The van der Waals surface area contributed by atoms with Crippen molar-refractivity contribution in [3.63, 3.8) is 0 Å². The summed E-state index contributed by atoms with van der Waals surface area (Å²) >= 11 is 6.22. The van der Waals surface area contributed by atoms with Gasteiger partial charge in [-0.25, -0.2) is 0 Å². The van der Waals surface area contributed by atoms with E-state index in [9.17, 15) is 0 Å². The second kappa shape index (κ2) is 6.02. The highest BCUT2D eigenvalue weighted by molar-refractivity contribution is 6.31. The monoisotopic (exact) mass is 295 g/mol. The predicted octanol–water partition coefficient (Wildman–Crippen LogP) is 3.68. The largest absolute Gasteiger partial charge is 0.347 e. The molecule has 2 aliphatic rings. The minimum Gasteiger partial charge on any atom is -0.347 e. The highest BCUT2D eigenvalue weighted by Gasteiger charge is 2.43. The molecule has 1 saturated carbocycles. The topological polar surface area (TPSA) is 30.5 Å². The van der Waals surface area contributed by atoms with E-state index in [0.29, 0.717) is 6.61 Å². The number of rotatable bonds is 4. The van der Waals surface area contributed by atoms with Crippen molar-refractivity contribution in [1.29, 1.82) is 0 Å². The summed E-state index contributed by atoms with van der Waals surface area (Å²) in [5.74, 6) is -0.264. The van der Waals surface area contributed by atoms with Gasteiger partial charge >= 0.3 is 0 Å². The third kappa shape index (κ3) is 3.01. The van der Waals surface area contributed by atoms with Gasteiger partial charge < -0.3 is 14.8 Å². The zero-order valence-corrected chi connectivity index (χ0v) is 12.7. The van der Waals surface area contributed by atoms with Gasteiger partial charge in [-0.05, 0) is 31.4 Å². The quantitative estimate of drug-likeness (QED) is 0.919. The van der Waals surface area contributed by atoms with Crippen LogP contribution in [-0.2, 0) is 9.47 Å². The average Bonchev–Trinajstić information content (AvgIpc) is 3.07. The summed E-state index contributed by atoms with van der Waals surface area (Å²) in [5.41, 5.74) is 1.13. The molecule has 0 amide bonds. The Hall–Kier alpha value is -0.610. The maximum Gasteiger partial charge on any atom is 0.168 e. The standard InChI is InChI=1S/C16H22ClNO2/c1-12(14-6-2-3-7-15(14)17)18-10-13-11-19-16(20-13)8-4-5-9-16/h2-3,6-7,12-13,18H,4-5,8-11H2,1H3/t12-,13-/m1/s1. The van der Waals surface area contributed by atoms with Gasteiger partial charge in [0, 0.05) is 30.5 Å². The van der Waals surface area contributed by atoms with Crippen molar-refractivity contribution >= 4 is 11.6 Å². The summed E-state index contributed by atoms with van der Waals surface area (Å²) in [6, 6.07) is 8.17. The zero-order chi connectivity index (χ0) is 14.0. The summed E-state index contributed by atoms with van der Waals surface area (Å²) in [7, 11) is 0. The van der Waals surface area contributed by atoms with Crippen molar-refractivity contribution in [2.45, 2.75) is 50.5 Å². The van der Waals surface area contributed by atoms with Crippen molar-refractivity contribution in [3.05, 3.63) is 34.9 Å². The molecule has 3 rings (SSSR count). The van der Waals surface area contributed by atoms with Crippen LogP contribution in [-0.4, -0.2) is 25.0 Å². The Morgan fingerprint density at radius 2 is 2.10 bits per heavy atom. The summed E-state index contributed by atoms with van der Waals surface area (Å²) in [6.45, 7) is 3.62. The second-order valence-corrected chi connectivity index (χ2v) is 6.23. The fourth-order valence-electron chi connectivity index (χ4n) is 3.14. The molecule has 1 aromatic carbocycles. The van der Waals surface area contributed by atoms with Crippen LogP contribution in [0.15, 0.2) is 24.3 Å². The number of ether oxygens (including phenoxy) is 2. The van der Waals surface area contributed by atoms with Crippen LogP contribution in [0.25, 0.3) is 0 Å². The van der Waals surface area contributed by atoms with Crippen LogP contribution < -0.4 is 5.32 Å². The Labute approximate surface area is 125 Å². The first-order chi connectivity index (χ1) is 9.69. The molecule has 0 radical (unpaired) electrons. The van der Waals surface area contributed by atoms with E-state index in [-0.39, 0.29) is 17.9 Å². The molecule has 1 N–H and O–H groups in total. The third-order valence-corrected chi connectivity index (χ3v) is 4.65. The van der Waals surface area contributed by atoms with Gasteiger partial charge in [0.2, 0.25) is 0 Å². The molecule has 20 heavy (non-hydrogen) atoms. The van der Waals surface area contributed by atoms with Gasteiger partial charge in [0.05, 0.1) is 12.7 Å². The molecule has 2 atom stereocenters. The summed E-state index contributed by atoms with van der Waals surface area (Å²) < 4.78 is 12.0. The SMILES string of the molecule is C[C@@H](NC[C@@H]1COC2(CCCC2)O1)c1ccccc1Cl. The maximum atomic E-state index is 6.22. The summed E-state index contributed by atoms with van der Waals surface area (Å²) in [4.78, 5) is 0. The Morgan fingerprint density at radius 1 is 1.35 bits per heavy atom. The molecule has 1 aliphatic carbocycles. The number of halogens is 1. The molecule has 1 aliphatic heterocycles. The Balaban J connectivity index is 1.52. The number of hydrogen-bond donors (Lipinski definition) is 1. The average molecular weight is 296 g/mol. The first kappa shape index (κ1) is 14.3. The van der Waals surface area contributed by atoms with Crippen molar-refractivity contribution in [2.75, 3.05) is 13.2 Å². The fraction of sp³-hybridized carbons (Fsp3) is 0.625. The van der Waals surface area contributed by atoms with Gasteiger partial charge in [0.15, 0.2) is 5.79 Å². The van der Waals surface area contributed by atoms with Gasteiger partial charge in [-0.15, -0.1) is 0 Å². The van der Waals surface area contributed by atoms with E-state index in [1.54, 1.807) is 0 Å². The van der Waals surface area contributed by atoms with Crippen molar-refractivity contribution in [3.8, 4) is 0 Å². The minimum absolute atomic E-state index is 0.151. The first-order valence-corrected chi connectivity index (χ1v) is 7.86. The van der Waals surface area contributed by atoms with Crippen LogP contribution >= 0.6 is 11.6 Å². The predicted molar refractivity (Wildman–Crippen MR) is 79.9 cm³/mol. The molecule has 4 heteroatoms. The Kier molecular flexibility index (Phi) is 4.32. The van der Waals surface area contributed by atoms with Crippen LogP contribution in [0.4, 0.5) is 0 Å². The van der Waals surface area contributed by atoms with Gasteiger partial charge in [-0.2, -0.15) is 0 Å². The lowest BCUT2D eigenvalue weighted by atomic mass is 10.1. The van der Waals surface area contributed by atoms with Crippen LogP contribution in [0.2, 0.25) is 5.02 Å². The molecule has 0 unspecified atom stereocenters. The maximum absolute atomic E-state index is 6.22. The lowest BCUT2D eigenvalue weighted by molar-refractivity contribution is -0.161. The van der Waals surface area contributed by atoms with Crippen molar-refractivity contribution in [2.24, 2.45) is 0 Å². The molecule has 0 aromatic heterocycles. The van der Waals surface area contributed by atoms with E-state index in [4.69, 9.17) is 21.1 Å². The number of nitrogens with one attached hydrogen (secondary N) is 1. The minimum atomic E-state index is -0.264. The lowest BCUT2D eigenvalue weighted by Crippen LogP contribution is -2.33. The third-order valence-electron chi connectivity index (χ3n) is 4.30. The first-order valence-electron chi connectivity index (χ1n) is 7.48. The van der Waals surface area contributed by atoms with Crippen molar-refractivity contribution < 1.29 is 9.47 Å². The van der Waals surface area contributed by atoms with Crippen LogP contribution in [0.3, 0.4) is 0 Å². The van der Waals surface area contributed by atoms with Crippen LogP contribution in [0.1, 0.15) is 44.2 Å².